The summed E-state index contributed by atoms with van der Waals surface area (Å²) in [5, 5.41) is 8.41. The summed E-state index contributed by atoms with van der Waals surface area (Å²) in [6.07, 6.45) is 18.5. The van der Waals surface area contributed by atoms with E-state index >= 15 is 0 Å². The zero-order valence-corrected chi connectivity index (χ0v) is 19.2. The van der Waals surface area contributed by atoms with Gasteiger partial charge in [0.15, 0.2) is 5.83 Å². The van der Waals surface area contributed by atoms with Crippen molar-refractivity contribution in [2.75, 3.05) is 0 Å². The highest BCUT2D eigenvalue weighted by Gasteiger charge is 2.29. The highest BCUT2D eigenvalue weighted by molar-refractivity contribution is 5.26. The summed E-state index contributed by atoms with van der Waals surface area (Å²) in [7, 11) is 0. The van der Waals surface area contributed by atoms with Crippen LogP contribution in [-0.4, -0.2) is 0 Å². The molecule has 0 amide bonds. The second-order valence-electron chi connectivity index (χ2n) is 9.57. The van der Waals surface area contributed by atoms with Crippen LogP contribution in [0.2, 0.25) is 0 Å². The van der Waals surface area contributed by atoms with E-state index in [4.69, 9.17) is 5.26 Å². The minimum atomic E-state index is -0.723. The van der Waals surface area contributed by atoms with Crippen LogP contribution in [0, 0.1) is 29.1 Å². The lowest BCUT2D eigenvalue weighted by molar-refractivity contribution is 0.260. The molecule has 0 atom stereocenters. The van der Waals surface area contributed by atoms with Gasteiger partial charge in [0.2, 0.25) is 0 Å². The Kier molecular flexibility index (Phi) is 9.13. The van der Waals surface area contributed by atoms with Crippen LogP contribution in [0.4, 0.5) is 4.39 Å². The normalized spacial score (nSPS) is 27.2. The fourth-order valence-corrected chi connectivity index (χ4v) is 5.60. The van der Waals surface area contributed by atoms with E-state index in [1.165, 1.54) is 86.6 Å². The molecule has 0 aliphatic heterocycles. The lowest BCUT2D eigenvalue weighted by atomic mass is 9.69. The maximum atomic E-state index is 12.8. The number of nitriles is 1. The van der Waals surface area contributed by atoms with E-state index < -0.39 is 5.83 Å². The Morgan fingerprint density at radius 2 is 1.65 bits per heavy atom. The largest absolute Gasteiger partial charge is 0.199 e. The molecule has 31 heavy (non-hydrogen) atoms. The van der Waals surface area contributed by atoms with Gasteiger partial charge in [-0.1, -0.05) is 55.5 Å². The van der Waals surface area contributed by atoms with Crippen LogP contribution in [0.3, 0.4) is 0 Å². The van der Waals surface area contributed by atoms with Crippen molar-refractivity contribution in [1.82, 2.24) is 0 Å². The zero-order chi connectivity index (χ0) is 22.1. The lowest BCUT2D eigenvalue weighted by Crippen LogP contribution is -2.22. The third kappa shape index (κ3) is 6.93. The molecule has 0 aromatic heterocycles. The van der Waals surface area contributed by atoms with Gasteiger partial charge in [-0.15, -0.1) is 0 Å². The third-order valence-corrected chi connectivity index (χ3v) is 7.71. The minimum Gasteiger partial charge on any atom is -0.195 e. The Hall–Kier alpha value is -2.14. The van der Waals surface area contributed by atoms with Crippen LogP contribution in [0.5, 0.6) is 0 Å². The molecule has 2 fully saturated rings. The SMILES string of the molecule is C=C([C@H]1CC[C@H](CC/C=C/C=C(\F)C#N)CC1)[C@H]1CC[C@H](c2ccc(CC)cc2)CC1. The zero-order valence-electron chi connectivity index (χ0n) is 19.2. The van der Waals surface area contributed by atoms with E-state index in [-0.39, 0.29) is 0 Å². The first-order valence-electron chi connectivity index (χ1n) is 12.3. The van der Waals surface area contributed by atoms with Gasteiger partial charge >= 0.3 is 0 Å². The predicted molar refractivity (Wildman–Crippen MR) is 128 cm³/mol. The highest BCUT2D eigenvalue weighted by Crippen LogP contribution is 2.44. The van der Waals surface area contributed by atoms with Crippen molar-refractivity contribution < 1.29 is 4.39 Å². The van der Waals surface area contributed by atoms with E-state index in [2.05, 4.69) is 37.8 Å². The van der Waals surface area contributed by atoms with Crippen molar-refractivity contribution >= 4 is 0 Å². The number of hydrogen-bond donors (Lipinski definition) is 0. The van der Waals surface area contributed by atoms with Crippen molar-refractivity contribution in [2.45, 2.75) is 83.5 Å². The standard InChI is InChI=1S/C29H38FN/c1-3-23-9-15-27(16-10-23)28-19-17-26(18-20-28)22(2)25-13-11-24(12-14-25)7-5-4-6-8-29(30)21-31/h4,6,8-10,15-16,24-26,28H,2-3,5,7,11-14,17-20H2,1H3/b6-4+,29-8-/t24-,25-,26-,28-. The molecule has 0 saturated heterocycles. The first-order valence-corrected chi connectivity index (χ1v) is 12.3. The van der Waals surface area contributed by atoms with Crippen LogP contribution in [0.15, 0.2) is 60.5 Å². The van der Waals surface area contributed by atoms with Gasteiger partial charge in [-0.05, 0) is 112 Å². The van der Waals surface area contributed by atoms with Crippen LogP contribution < -0.4 is 0 Å². The van der Waals surface area contributed by atoms with Crippen molar-refractivity contribution in [3.05, 3.63) is 71.6 Å². The number of benzene rings is 1. The average Bonchev–Trinajstić information content (AvgIpc) is 2.83. The first kappa shape index (κ1) is 23.5. The summed E-state index contributed by atoms with van der Waals surface area (Å²) in [5.41, 5.74) is 4.50. The van der Waals surface area contributed by atoms with Crippen molar-refractivity contribution in [3.8, 4) is 6.07 Å². The van der Waals surface area contributed by atoms with Crippen molar-refractivity contribution in [3.63, 3.8) is 0 Å². The molecule has 3 rings (SSSR count). The maximum Gasteiger partial charge on any atom is 0.199 e. The second-order valence-corrected chi connectivity index (χ2v) is 9.57. The summed E-state index contributed by atoms with van der Waals surface area (Å²) < 4.78 is 12.8. The van der Waals surface area contributed by atoms with Crippen LogP contribution >= 0.6 is 0 Å². The number of halogens is 1. The number of aryl methyl sites for hydroxylation is 1. The molecule has 0 unspecified atom stereocenters. The first-order chi connectivity index (χ1) is 15.1. The Bertz CT molecular complexity index is 794. The summed E-state index contributed by atoms with van der Waals surface area (Å²) in [5.74, 6) is 2.22. The fourth-order valence-electron chi connectivity index (χ4n) is 5.60. The second kappa shape index (κ2) is 12.0. The molecular formula is C29H38FN. The molecule has 0 radical (unpaired) electrons. The van der Waals surface area contributed by atoms with Gasteiger partial charge in [-0.2, -0.15) is 9.65 Å². The molecule has 1 aromatic carbocycles. The predicted octanol–water partition coefficient (Wildman–Crippen LogP) is 8.60. The summed E-state index contributed by atoms with van der Waals surface area (Å²) in [6.45, 7) is 6.80. The third-order valence-electron chi connectivity index (χ3n) is 7.71. The van der Waals surface area contributed by atoms with Crippen LogP contribution in [-0.2, 0) is 6.42 Å². The molecule has 0 bridgehead atoms. The topological polar surface area (TPSA) is 23.8 Å². The van der Waals surface area contributed by atoms with E-state index in [1.54, 1.807) is 6.08 Å². The number of rotatable bonds is 8. The molecule has 166 valence electrons. The Morgan fingerprint density at radius 1 is 1.03 bits per heavy atom. The number of hydrogen-bond acceptors (Lipinski definition) is 1. The van der Waals surface area contributed by atoms with E-state index in [0.717, 1.165) is 30.6 Å². The summed E-state index contributed by atoms with van der Waals surface area (Å²) in [6, 6.07) is 10.8. The van der Waals surface area contributed by atoms with Gasteiger partial charge in [0.25, 0.3) is 0 Å². The molecule has 0 spiro atoms. The Labute approximate surface area is 188 Å². The lowest BCUT2D eigenvalue weighted by Gasteiger charge is -2.36. The minimum absolute atomic E-state index is 0.713. The fraction of sp³-hybridized carbons (Fsp3) is 0.552. The monoisotopic (exact) mass is 419 g/mol. The number of nitrogens with zero attached hydrogens (tertiary/aromatic N) is 1. The molecule has 2 saturated carbocycles. The van der Waals surface area contributed by atoms with Gasteiger partial charge in [0.1, 0.15) is 6.07 Å². The quantitative estimate of drug-likeness (QED) is 0.235. The molecule has 0 N–H and O–H groups in total. The Morgan fingerprint density at radius 3 is 2.23 bits per heavy atom. The number of allylic oxidation sites excluding steroid dienone is 5. The molecule has 1 aromatic rings. The van der Waals surface area contributed by atoms with Crippen LogP contribution in [0.25, 0.3) is 0 Å². The van der Waals surface area contributed by atoms with E-state index in [1.807, 2.05) is 6.08 Å². The molecular weight excluding hydrogens is 381 g/mol. The molecule has 0 heterocycles. The molecule has 2 heteroatoms. The molecule has 2 aliphatic carbocycles. The van der Waals surface area contributed by atoms with Crippen LogP contribution in [0.1, 0.15) is 88.2 Å². The smallest absolute Gasteiger partial charge is 0.195 e. The van der Waals surface area contributed by atoms with Gasteiger partial charge in [0.05, 0.1) is 0 Å². The van der Waals surface area contributed by atoms with Gasteiger partial charge in [-0.25, -0.2) is 0 Å². The summed E-state index contributed by atoms with van der Waals surface area (Å²) in [4.78, 5) is 0. The van der Waals surface area contributed by atoms with E-state index in [9.17, 15) is 4.39 Å². The van der Waals surface area contributed by atoms with Gasteiger partial charge in [0, 0.05) is 0 Å². The average molecular weight is 420 g/mol. The van der Waals surface area contributed by atoms with Crippen molar-refractivity contribution in [2.24, 2.45) is 17.8 Å². The summed E-state index contributed by atoms with van der Waals surface area (Å²) >= 11 is 0. The molecule has 2 aliphatic rings. The van der Waals surface area contributed by atoms with Crippen molar-refractivity contribution in [1.29, 1.82) is 5.26 Å². The van der Waals surface area contributed by atoms with Gasteiger partial charge in [-0.3, -0.25) is 0 Å². The van der Waals surface area contributed by atoms with E-state index in [0.29, 0.717) is 5.92 Å². The Balaban J connectivity index is 1.37. The van der Waals surface area contributed by atoms with Gasteiger partial charge < -0.3 is 0 Å². The maximum absolute atomic E-state index is 12.8. The highest BCUT2D eigenvalue weighted by atomic mass is 19.1. The molecule has 1 nitrogen and oxygen atoms in total.